The van der Waals surface area contributed by atoms with Gasteiger partial charge < -0.3 is 15.0 Å². The van der Waals surface area contributed by atoms with Gasteiger partial charge >= 0.3 is 0 Å². The minimum atomic E-state index is -0.0931. The van der Waals surface area contributed by atoms with Crippen LogP contribution in [0.15, 0.2) is 16.7 Å². The van der Waals surface area contributed by atoms with Crippen LogP contribution in [0.5, 0.6) is 0 Å². The Balaban J connectivity index is 2.67. The first-order chi connectivity index (χ1) is 8.08. The molecule has 1 rings (SSSR count). The van der Waals surface area contributed by atoms with Crippen LogP contribution in [0.3, 0.4) is 0 Å². The van der Waals surface area contributed by atoms with Gasteiger partial charge in [-0.3, -0.25) is 4.79 Å². The van der Waals surface area contributed by atoms with E-state index < -0.39 is 0 Å². The lowest BCUT2D eigenvalue weighted by molar-refractivity contribution is 0.0933. The van der Waals surface area contributed by atoms with Crippen molar-refractivity contribution in [3.63, 3.8) is 0 Å². The first-order valence-electron chi connectivity index (χ1n) is 5.83. The van der Waals surface area contributed by atoms with Crippen molar-refractivity contribution in [2.75, 3.05) is 13.2 Å². The monoisotopic (exact) mass is 302 g/mol. The number of nitrogens with one attached hydrogen (secondary N) is 1. The molecular formula is C12H19BrN2O2. The summed E-state index contributed by atoms with van der Waals surface area (Å²) in [5.74, 6) is -0.0126. The van der Waals surface area contributed by atoms with Crippen molar-refractivity contribution in [1.82, 2.24) is 9.88 Å². The van der Waals surface area contributed by atoms with E-state index in [0.717, 1.165) is 17.4 Å². The number of hydrogen-bond acceptors (Lipinski definition) is 2. The highest BCUT2D eigenvalue weighted by Gasteiger charge is 2.13. The molecule has 1 aromatic rings. The SMILES string of the molecule is CCCn1cc(Br)cc1C(=O)NCC(C)CO. The zero-order valence-corrected chi connectivity index (χ0v) is 11.8. The molecule has 5 heteroatoms. The van der Waals surface area contributed by atoms with E-state index in [4.69, 9.17) is 5.11 Å². The third-order valence-corrected chi connectivity index (χ3v) is 2.92. The maximum absolute atomic E-state index is 11.9. The van der Waals surface area contributed by atoms with Gasteiger partial charge in [0.05, 0.1) is 0 Å². The van der Waals surface area contributed by atoms with Gasteiger partial charge in [0, 0.05) is 30.4 Å². The predicted octanol–water partition coefficient (Wildman–Crippen LogP) is 2.02. The number of rotatable bonds is 6. The number of halogens is 1. The molecule has 0 saturated heterocycles. The maximum Gasteiger partial charge on any atom is 0.267 e. The van der Waals surface area contributed by atoms with E-state index in [0.29, 0.717) is 12.2 Å². The molecule has 0 spiro atoms. The summed E-state index contributed by atoms with van der Waals surface area (Å²) in [5.41, 5.74) is 0.656. The molecule has 1 unspecified atom stereocenters. The summed E-state index contributed by atoms with van der Waals surface area (Å²) in [6, 6.07) is 1.81. The van der Waals surface area contributed by atoms with Crippen LogP contribution in [0.25, 0.3) is 0 Å². The number of hydrogen-bond donors (Lipinski definition) is 2. The summed E-state index contributed by atoms with van der Waals surface area (Å²) >= 11 is 3.37. The van der Waals surface area contributed by atoms with Crippen molar-refractivity contribution in [2.24, 2.45) is 5.92 Å². The molecular weight excluding hydrogens is 284 g/mol. The Labute approximate surface area is 110 Å². The lowest BCUT2D eigenvalue weighted by Gasteiger charge is -2.11. The molecule has 4 nitrogen and oxygen atoms in total. The normalized spacial score (nSPS) is 12.5. The number of aliphatic hydroxyl groups excluding tert-OH is 1. The second kappa shape index (κ2) is 6.81. The van der Waals surface area contributed by atoms with Crippen LogP contribution >= 0.6 is 15.9 Å². The number of carbonyl (C=O) groups is 1. The average molecular weight is 303 g/mol. The van der Waals surface area contributed by atoms with Gasteiger partial charge in [-0.15, -0.1) is 0 Å². The summed E-state index contributed by atoms with van der Waals surface area (Å²) < 4.78 is 2.84. The summed E-state index contributed by atoms with van der Waals surface area (Å²) in [6.07, 6.45) is 2.89. The van der Waals surface area contributed by atoms with E-state index in [9.17, 15) is 4.79 Å². The topological polar surface area (TPSA) is 54.3 Å². The summed E-state index contributed by atoms with van der Waals surface area (Å²) in [7, 11) is 0. The predicted molar refractivity (Wildman–Crippen MR) is 71.0 cm³/mol. The van der Waals surface area contributed by atoms with Gasteiger partial charge in [0.2, 0.25) is 0 Å². The molecule has 0 fully saturated rings. The molecule has 0 radical (unpaired) electrons. The van der Waals surface area contributed by atoms with Crippen LogP contribution in [0, 0.1) is 5.92 Å². The van der Waals surface area contributed by atoms with Crippen LogP contribution in [0.2, 0.25) is 0 Å². The standard InChI is InChI=1S/C12H19BrN2O2/c1-3-4-15-7-10(13)5-11(15)12(17)14-6-9(2)8-16/h5,7,9,16H,3-4,6,8H2,1-2H3,(H,14,17). The minimum absolute atomic E-state index is 0.0805. The molecule has 96 valence electrons. The minimum Gasteiger partial charge on any atom is -0.396 e. The number of carbonyl (C=O) groups excluding carboxylic acids is 1. The Morgan fingerprint density at radius 1 is 1.65 bits per heavy atom. The van der Waals surface area contributed by atoms with E-state index >= 15 is 0 Å². The van der Waals surface area contributed by atoms with Gasteiger partial charge in [-0.2, -0.15) is 0 Å². The molecule has 1 amide bonds. The highest BCUT2D eigenvalue weighted by molar-refractivity contribution is 9.10. The Kier molecular flexibility index (Phi) is 5.71. The van der Waals surface area contributed by atoms with Crippen LogP contribution < -0.4 is 5.32 Å². The fourth-order valence-corrected chi connectivity index (χ4v) is 1.98. The molecule has 0 aromatic carbocycles. The van der Waals surface area contributed by atoms with Crippen molar-refractivity contribution >= 4 is 21.8 Å². The Bertz CT molecular complexity index is 377. The number of nitrogens with zero attached hydrogens (tertiary/aromatic N) is 1. The van der Waals surface area contributed by atoms with E-state index in [1.807, 2.05) is 23.8 Å². The second-order valence-electron chi connectivity index (χ2n) is 4.23. The van der Waals surface area contributed by atoms with Gasteiger partial charge in [-0.05, 0) is 34.3 Å². The number of aromatic nitrogens is 1. The van der Waals surface area contributed by atoms with Crippen molar-refractivity contribution in [2.45, 2.75) is 26.8 Å². The van der Waals surface area contributed by atoms with Crippen LogP contribution in [-0.4, -0.2) is 28.7 Å². The molecule has 2 N–H and O–H groups in total. The first kappa shape index (κ1) is 14.3. The summed E-state index contributed by atoms with van der Waals surface area (Å²) in [4.78, 5) is 11.9. The lowest BCUT2D eigenvalue weighted by Crippen LogP contribution is -2.31. The van der Waals surface area contributed by atoms with Crippen LogP contribution in [0.1, 0.15) is 30.8 Å². The van der Waals surface area contributed by atoms with E-state index in [-0.39, 0.29) is 18.4 Å². The van der Waals surface area contributed by atoms with Gasteiger partial charge in [0.15, 0.2) is 0 Å². The van der Waals surface area contributed by atoms with E-state index in [1.54, 1.807) is 0 Å². The zero-order chi connectivity index (χ0) is 12.8. The van der Waals surface area contributed by atoms with Gasteiger partial charge in [0.1, 0.15) is 5.69 Å². The average Bonchev–Trinajstić information content (AvgIpc) is 2.67. The third kappa shape index (κ3) is 4.16. The zero-order valence-electron chi connectivity index (χ0n) is 10.2. The van der Waals surface area contributed by atoms with Crippen LogP contribution in [0.4, 0.5) is 0 Å². The molecule has 0 bridgehead atoms. The lowest BCUT2D eigenvalue weighted by atomic mass is 10.2. The van der Waals surface area contributed by atoms with Crippen molar-refractivity contribution in [3.05, 3.63) is 22.4 Å². The van der Waals surface area contributed by atoms with Crippen molar-refractivity contribution in [3.8, 4) is 0 Å². The molecule has 1 aromatic heterocycles. The number of aryl methyl sites for hydroxylation is 1. The molecule has 0 aliphatic heterocycles. The summed E-state index contributed by atoms with van der Waals surface area (Å²) in [6.45, 7) is 5.36. The van der Waals surface area contributed by atoms with Gasteiger partial charge in [-0.25, -0.2) is 0 Å². The molecule has 17 heavy (non-hydrogen) atoms. The van der Waals surface area contributed by atoms with Crippen molar-refractivity contribution in [1.29, 1.82) is 0 Å². The van der Waals surface area contributed by atoms with Gasteiger partial charge in [0.25, 0.3) is 5.91 Å². The second-order valence-corrected chi connectivity index (χ2v) is 5.15. The fourth-order valence-electron chi connectivity index (χ4n) is 1.51. The smallest absolute Gasteiger partial charge is 0.267 e. The Morgan fingerprint density at radius 2 is 2.35 bits per heavy atom. The molecule has 0 saturated carbocycles. The fraction of sp³-hybridized carbons (Fsp3) is 0.583. The largest absolute Gasteiger partial charge is 0.396 e. The number of amides is 1. The van der Waals surface area contributed by atoms with Gasteiger partial charge in [-0.1, -0.05) is 13.8 Å². The van der Waals surface area contributed by atoms with Crippen LogP contribution in [-0.2, 0) is 6.54 Å². The molecule has 1 atom stereocenters. The Morgan fingerprint density at radius 3 is 2.94 bits per heavy atom. The summed E-state index contributed by atoms with van der Waals surface area (Å²) in [5, 5.41) is 11.7. The van der Waals surface area contributed by atoms with Crippen molar-refractivity contribution < 1.29 is 9.90 Å². The van der Waals surface area contributed by atoms with E-state index in [2.05, 4.69) is 28.2 Å². The third-order valence-electron chi connectivity index (χ3n) is 2.48. The van der Waals surface area contributed by atoms with E-state index in [1.165, 1.54) is 0 Å². The number of aliphatic hydroxyl groups is 1. The molecule has 0 aliphatic carbocycles. The molecule has 0 aliphatic rings. The highest BCUT2D eigenvalue weighted by atomic mass is 79.9. The molecule has 1 heterocycles. The first-order valence-corrected chi connectivity index (χ1v) is 6.62. The maximum atomic E-state index is 11.9. The Hall–Kier alpha value is -0.810. The quantitative estimate of drug-likeness (QED) is 0.845. The highest BCUT2D eigenvalue weighted by Crippen LogP contribution is 2.15.